The standard InChI is InChI=1S/C14H23NO3/c1-11(2)15-10-12-6-5-7-13(17-4)14(12)18-9-8-16-3/h5-7,11,15H,8-10H2,1-4H3. The van der Waals surface area contributed by atoms with E-state index in [9.17, 15) is 0 Å². The summed E-state index contributed by atoms with van der Waals surface area (Å²) in [7, 11) is 3.31. The quantitative estimate of drug-likeness (QED) is 0.721. The second kappa shape index (κ2) is 7.95. The van der Waals surface area contributed by atoms with E-state index in [0.717, 1.165) is 23.6 Å². The molecule has 0 atom stereocenters. The fourth-order valence-electron chi connectivity index (χ4n) is 1.57. The van der Waals surface area contributed by atoms with Crippen molar-refractivity contribution in [2.75, 3.05) is 27.4 Å². The van der Waals surface area contributed by atoms with Gasteiger partial charge in [-0.05, 0) is 6.07 Å². The van der Waals surface area contributed by atoms with Crippen LogP contribution in [0.5, 0.6) is 11.5 Å². The van der Waals surface area contributed by atoms with Crippen LogP contribution in [0.1, 0.15) is 19.4 Å². The van der Waals surface area contributed by atoms with Crippen LogP contribution in [0.4, 0.5) is 0 Å². The Morgan fingerprint density at radius 2 is 1.94 bits per heavy atom. The van der Waals surface area contributed by atoms with Crippen molar-refractivity contribution < 1.29 is 14.2 Å². The number of benzene rings is 1. The Hall–Kier alpha value is -1.26. The molecule has 4 heteroatoms. The first-order valence-electron chi connectivity index (χ1n) is 6.20. The summed E-state index contributed by atoms with van der Waals surface area (Å²) < 4.78 is 16.1. The fourth-order valence-corrected chi connectivity index (χ4v) is 1.57. The molecule has 0 aliphatic carbocycles. The van der Waals surface area contributed by atoms with Gasteiger partial charge in [0.1, 0.15) is 6.61 Å². The molecule has 0 bridgehead atoms. The first-order chi connectivity index (χ1) is 8.69. The van der Waals surface area contributed by atoms with Gasteiger partial charge in [0.2, 0.25) is 0 Å². The van der Waals surface area contributed by atoms with E-state index in [0.29, 0.717) is 19.3 Å². The van der Waals surface area contributed by atoms with Crippen molar-refractivity contribution in [3.63, 3.8) is 0 Å². The normalized spacial score (nSPS) is 10.7. The van der Waals surface area contributed by atoms with E-state index in [2.05, 4.69) is 19.2 Å². The van der Waals surface area contributed by atoms with Gasteiger partial charge < -0.3 is 19.5 Å². The van der Waals surface area contributed by atoms with E-state index in [1.165, 1.54) is 0 Å². The molecule has 0 heterocycles. The smallest absolute Gasteiger partial charge is 0.165 e. The maximum Gasteiger partial charge on any atom is 0.165 e. The van der Waals surface area contributed by atoms with Crippen molar-refractivity contribution in [3.8, 4) is 11.5 Å². The lowest BCUT2D eigenvalue weighted by molar-refractivity contribution is 0.143. The summed E-state index contributed by atoms with van der Waals surface area (Å²) in [4.78, 5) is 0. The average Bonchev–Trinajstić information content (AvgIpc) is 2.37. The predicted molar refractivity (Wildman–Crippen MR) is 72.3 cm³/mol. The van der Waals surface area contributed by atoms with Gasteiger partial charge in [-0.3, -0.25) is 0 Å². The number of methoxy groups -OCH3 is 2. The van der Waals surface area contributed by atoms with Crippen LogP contribution in [0.3, 0.4) is 0 Å². The van der Waals surface area contributed by atoms with Gasteiger partial charge in [0.15, 0.2) is 11.5 Å². The Bertz CT molecular complexity index is 353. The molecular weight excluding hydrogens is 230 g/mol. The van der Waals surface area contributed by atoms with Crippen LogP contribution in [-0.2, 0) is 11.3 Å². The third-order valence-electron chi connectivity index (χ3n) is 2.51. The molecule has 0 spiro atoms. The predicted octanol–water partition coefficient (Wildman–Crippen LogP) is 2.22. The first kappa shape index (κ1) is 14.8. The van der Waals surface area contributed by atoms with Crippen LogP contribution in [0, 0.1) is 0 Å². The highest BCUT2D eigenvalue weighted by Crippen LogP contribution is 2.31. The molecule has 0 saturated heterocycles. The molecule has 0 radical (unpaired) electrons. The number of hydrogen-bond donors (Lipinski definition) is 1. The number of para-hydroxylation sites is 1. The molecule has 0 saturated carbocycles. The third kappa shape index (κ3) is 4.55. The maximum atomic E-state index is 5.74. The zero-order valence-corrected chi connectivity index (χ0v) is 11.7. The first-order valence-corrected chi connectivity index (χ1v) is 6.20. The lowest BCUT2D eigenvalue weighted by atomic mass is 10.1. The summed E-state index contributed by atoms with van der Waals surface area (Å²) in [5, 5.41) is 3.38. The van der Waals surface area contributed by atoms with E-state index in [1.807, 2.05) is 18.2 Å². The third-order valence-corrected chi connectivity index (χ3v) is 2.51. The van der Waals surface area contributed by atoms with Crippen molar-refractivity contribution in [3.05, 3.63) is 23.8 Å². The summed E-state index contributed by atoms with van der Waals surface area (Å²) in [6.45, 7) is 6.08. The van der Waals surface area contributed by atoms with Gasteiger partial charge in [-0.25, -0.2) is 0 Å². The van der Waals surface area contributed by atoms with E-state index < -0.39 is 0 Å². The number of ether oxygens (including phenoxy) is 3. The topological polar surface area (TPSA) is 39.7 Å². The molecule has 4 nitrogen and oxygen atoms in total. The molecule has 0 aliphatic rings. The van der Waals surface area contributed by atoms with Crippen LogP contribution in [0.15, 0.2) is 18.2 Å². The monoisotopic (exact) mass is 253 g/mol. The minimum absolute atomic E-state index is 0.433. The van der Waals surface area contributed by atoms with Crippen molar-refractivity contribution in [1.82, 2.24) is 5.32 Å². The molecular formula is C14H23NO3. The van der Waals surface area contributed by atoms with Gasteiger partial charge in [0.05, 0.1) is 13.7 Å². The molecule has 0 fully saturated rings. The molecule has 0 aromatic heterocycles. The van der Waals surface area contributed by atoms with E-state index in [1.54, 1.807) is 14.2 Å². The Labute approximate surface area is 109 Å². The van der Waals surface area contributed by atoms with Crippen LogP contribution in [-0.4, -0.2) is 33.5 Å². The van der Waals surface area contributed by atoms with Crippen molar-refractivity contribution in [2.45, 2.75) is 26.4 Å². The van der Waals surface area contributed by atoms with Crippen LogP contribution in [0.25, 0.3) is 0 Å². The molecule has 102 valence electrons. The van der Waals surface area contributed by atoms with Crippen molar-refractivity contribution >= 4 is 0 Å². The Morgan fingerprint density at radius 3 is 2.56 bits per heavy atom. The van der Waals surface area contributed by atoms with Crippen molar-refractivity contribution in [2.24, 2.45) is 0 Å². The van der Waals surface area contributed by atoms with Gasteiger partial charge >= 0.3 is 0 Å². The highest BCUT2D eigenvalue weighted by atomic mass is 16.5. The zero-order valence-electron chi connectivity index (χ0n) is 11.7. The lowest BCUT2D eigenvalue weighted by Crippen LogP contribution is -2.22. The Balaban J connectivity index is 2.79. The van der Waals surface area contributed by atoms with Gasteiger partial charge in [-0.2, -0.15) is 0 Å². The largest absolute Gasteiger partial charge is 0.493 e. The van der Waals surface area contributed by atoms with Crippen LogP contribution >= 0.6 is 0 Å². The number of nitrogens with one attached hydrogen (secondary N) is 1. The fraction of sp³-hybridized carbons (Fsp3) is 0.571. The summed E-state index contributed by atoms with van der Waals surface area (Å²) in [6, 6.07) is 6.35. The van der Waals surface area contributed by atoms with E-state index in [-0.39, 0.29) is 0 Å². The second-order valence-corrected chi connectivity index (χ2v) is 4.33. The summed E-state index contributed by atoms with van der Waals surface area (Å²) in [5.41, 5.74) is 1.10. The maximum absolute atomic E-state index is 5.74. The van der Waals surface area contributed by atoms with Crippen molar-refractivity contribution in [1.29, 1.82) is 0 Å². The summed E-state index contributed by atoms with van der Waals surface area (Å²) in [5.74, 6) is 1.55. The highest BCUT2D eigenvalue weighted by molar-refractivity contribution is 5.46. The molecule has 18 heavy (non-hydrogen) atoms. The molecule has 1 N–H and O–H groups in total. The Kier molecular flexibility index (Phi) is 6.54. The van der Waals surface area contributed by atoms with E-state index >= 15 is 0 Å². The van der Waals surface area contributed by atoms with Gasteiger partial charge in [-0.15, -0.1) is 0 Å². The average molecular weight is 253 g/mol. The zero-order chi connectivity index (χ0) is 13.4. The summed E-state index contributed by atoms with van der Waals surface area (Å²) in [6.07, 6.45) is 0. The molecule has 1 aromatic rings. The lowest BCUT2D eigenvalue weighted by Gasteiger charge is -2.16. The molecule has 0 unspecified atom stereocenters. The number of rotatable bonds is 8. The minimum atomic E-state index is 0.433. The van der Waals surface area contributed by atoms with Gasteiger partial charge in [0.25, 0.3) is 0 Å². The van der Waals surface area contributed by atoms with Gasteiger partial charge in [0, 0.05) is 25.3 Å². The van der Waals surface area contributed by atoms with Crippen LogP contribution in [0.2, 0.25) is 0 Å². The molecule has 0 amide bonds. The Morgan fingerprint density at radius 1 is 1.17 bits per heavy atom. The summed E-state index contributed by atoms with van der Waals surface area (Å²) >= 11 is 0. The SMILES string of the molecule is COCCOc1c(CNC(C)C)cccc1OC. The van der Waals surface area contributed by atoms with E-state index in [4.69, 9.17) is 14.2 Å². The second-order valence-electron chi connectivity index (χ2n) is 4.33. The minimum Gasteiger partial charge on any atom is -0.493 e. The highest BCUT2D eigenvalue weighted by Gasteiger charge is 2.10. The number of hydrogen-bond acceptors (Lipinski definition) is 4. The molecule has 1 rings (SSSR count). The molecule has 1 aromatic carbocycles. The van der Waals surface area contributed by atoms with Crippen LogP contribution < -0.4 is 14.8 Å². The van der Waals surface area contributed by atoms with Gasteiger partial charge in [-0.1, -0.05) is 26.0 Å². The molecule has 0 aliphatic heterocycles.